The number of aromatic nitrogens is 2. The Morgan fingerprint density at radius 2 is 1.07 bits per heavy atom. The van der Waals surface area contributed by atoms with Gasteiger partial charge in [0.05, 0.1) is 0 Å². The van der Waals surface area contributed by atoms with Gasteiger partial charge in [-0.05, 0) is 132 Å². The monoisotopic (exact) mass is 1300 g/mol. The smallest absolute Gasteiger partial charge is 0.135 e. The number of anilines is 4. The van der Waals surface area contributed by atoms with E-state index in [0.717, 1.165) is 106 Å². The molecule has 1 atom stereocenters. The predicted molar refractivity (Wildman–Crippen MR) is 348 cm³/mol. The van der Waals surface area contributed by atoms with Crippen LogP contribution in [0, 0.1) is 24.6 Å². The fourth-order valence-electron chi connectivity index (χ4n) is 13.0. The van der Waals surface area contributed by atoms with E-state index in [1.54, 1.807) is 12.1 Å². The van der Waals surface area contributed by atoms with E-state index in [-0.39, 0.29) is 43.1 Å². The number of pyridine rings is 1. The van der Waals surface area contributed by atoms with E-state index in [9.17, 15) is 0 Å². The van der Waals surface area contributed by atoms with E-state index >= 15 is 4.39 Å². The van der Waals surface area contributed by atoms with Crippen molar-refractivity contribution < 1.29 is 30.2 Å². The van der Waals surface area contributed by atoms with Crippen LogP contribution in [-0.4, -0.2) is 9.55 Å². The van der Waals surface area contributed by atoms with E-state index in [0.29, 0.717) is 11.5 Å². The molecule has 14 rings (SSSR count). The van der Waals surface area contributed by atoms with Crippen molar-refractivity contribution in [2.75, 3.05) is 9.80 Å². The molecule has 2 aromatic heterocycles. The van der Waals surface area contributed by atoms with Gasteiger partial charge in [-0.3, -0.25) is 0 Å². The maximum atomic E-state index is 16.4. The van der Waals surface area contributed by atoms with Crippen LogP contribution < -0.4 is 14.5 Å². The summed E-state index contributed by atoms with van der Waals surface area (Å²) in [5.74, 6) is 1.48. The molecule has 0 fully saturated rings. The number of fused-ring (bicyclic) bond motifs is 7. The standard InChI is InChI=1S/C79H66FN4O.Pt/c1-76(2,3)53-32-34-54(35-33-53)79(68-28-18-16-26-62(68)63-38-36-58(80)47-69(63)79)57-42-59(48-61(43-57)85-60-37-39-65-64-27-17-19-29-70(64)84(73(65)49-60)74-46-55(40-41-81-74)77(4,5)6)82-50-83(72-31-21-20-30-71(72)82)75-66(51-22-12-10-13-23-51)44-56(78(7,8)9)45-67(75)52-24-14-11-15-25-52;/h10-47,50H,1-9H3;/q-3;. The quantitative estimate of drug-likeness (QED) is 0.135. The summed E-state index contributed by atoms with van der Waals surface area (Å²) in [5.41, 5.74) is 18.2. The Labute approximate surface area is 519 Å². The van der Waals surface area contributed by atoms with Crippen LogP contribution in [-0.2, 0) is 42.7 Å². The van der Waals surface area contributed by atoms with Gasteiger partial charge in [-0.1, -0.05) is 213 Å². The van der Waals surface area contributed by atoms with Crippen molar-refractivity contribution in [3.8, 4) is 50.7 Å². The molecule has 0 N–H and O–H groups in total. The molecule has 428 valence electrons. The van der Waals surface area contributed by atoms with Gasteiger partial charge in [0.25, 0.3) is 0 Å². The molecule has 0 saturated carbocycles. The summed E-state index contributed by atoms with van der Waals surface area (Å²) in [4.78, 5) is 9.58. The van der Waals surface area contributed by atoms with Gasteiger partial charge in [0.15, 0.2) is 0 Å². The zero-order valence-corrected chi connectivity index (χ0v) is 52.2. The van der Waals surface area contributed by atoms with E-state index < -0.39 is 5.41 Å². The molecule has 1 aliphatic heterocycles. The van der Waals surface area contributed by atoms with Crippen LogP contribution in [0.1, 0.15) is 101 Å². The summed E-state index contributed by atoms with van der Waals surface area (Å²) < 4.78 is 25.9. The molecular formula is C79H66FN4OPt-3. The van der Waals surface area contributed by atoms with Crippen molar-refractivity contribution in [3.05, 3.63) is 294 Å². The van der Waals surface area contributed by atoms with Gasteiger partial charge in [-0.25, -0.2) is 9.37 Å². The molecule has 7 heteroatoms. The summed E-state index contributed by atoms with van der Waals surface area (Å²) in [5, 5.41) is 2.13. The SMILES string of the molecule is CC(C)(C)c1ccc(C2(c3cc(Oc4[c-]c5c(cc4)c4ccccc4n5-c4cc(C(C)(C)C)ccn4)[c-]c(N4[CH-]N(c5c(-c6ccccc6)cc(C(C)(C)C)cc5-c5ccccc5)c5ccccc54)c3)c3ccccc3-c3ccc(F)cc32)cc1.[Pt]. The number of rotatable bonds is 9. The zero-order chi connectivity index (χ0) is 58.6. The van der Waals surface area contributed by atoms with Crippen LogP contribution >= 0.6 is 0 Å². The number of halogens is 1. The number of benzene rings is 10. The number of hydrogen-bond acceptors (Lipinski definition) is 4. The van der Waals surface area contributed by atoms with Gasteiger partial charge >= 0.3 is 0 Å². The van der Waals surface area contributed by atoms with Crippen LogP contribution in [0.4, 0.5) is 27.1 Å². The van der Waals surface area contributed by atoms with Crippen molar-refractivity contribution in [1.82, 2.24) is 9.55 Å². The molecule has 5 nitrogen and oxygen atoms in total. The average Bonchev–Trinajstić information content (AvgIpc) is 1.63. The van der Waals surface area contributed by atoms with E-state index in [4.69, 9.17) is 9.72 Å². The van der Waals surface area contributed by atoms with Crippen LogP contribution in [0.2, 0.25) is 0 Å². The first kappa shape index (κ1) is 56.3. The molecule has 12 aromatic rings. The number of nitrogens with zero attached hydrogens (tertiary/aromatic N) is 4. The maximum absolute atomic E-state index is 16.4. The molecular weight excluding hydrogens is 1230 g/mol. The molecule has 86 heavy (non-hydrogen) atoms. The zero-order valence-electron chi connectivity index (χ0n) is 49.9. The van der Waals surface area contributed by atoms with Gasteiger partial charge in [0, 0.05) is 77.9 Å². The normalized spacial score (nSPS) is 14.7. The third-order valence-electron chi connectivity index (χ3n) is 17.3. The van der Waals surface area contributed by atoms with Crippen LogP contribution in [0.15, 0.2) is 231 Å². The topological polar surface area (TPSA) is 33.5 Å². The van der Waals surface area contributed by atoms with Crippen molar-refractivity contribution >= 4 is 44.6 Å². The summed E-state index contributed by atoms with van der Waals surface area (Å²) >= 11 is 0. The molecule has 2 aliphatic rings. The summed E-state index contributed by atoms with van der Waals surface area (Å²) in [6.07, 6.45) is 1.90. The van der Waals surface area contributed by atoms with E-state index in [1.165, 1.54) is 16.7 Å². The first-order chi connectivity index (χ1) is 40.9. The summed E-state index contributed by atoms with van der Waals surface area (Å²) in [6.45, 7) is 22.5. The molecule has 0 spiro atoms. The van der Waals surface area contributed by atoms with Gasteiger partial charge in [-0.2, -0.15) is 6.07 Å². The summed E-state index contributed by atoms with van der Waals surface area (Å²) in [6, 6.07) is 86.5. The Bertz CT molecular complexity index is 4510. The van der Waals surface area contributed by atoms with Gasteiger partial charge in [0.1, 0.15) is 11.6 Å². The molecule has 0 bridgehead atoms. The van der Waals surface area contributed by atoms with Crippen LogP contribution in [0.3, 0.4) is 0 Å². The fourth-order valence-corrected chi connectivity index (χ4v) is 13.0. The van der Waals surface area contributed by atoms with Crippen LogP contribution in [0.5, 0.6) is 11.5 Å². The maximum Gasteiger partial charge on any atom is 0.135 e. The number of hydrogen-bond donors (Lipinski definition) is 0. The van der Waals surface area contributed by atoms with Gasteiger partial charge in [-0.15, -0.1) is 53.6 Å². The summed E-state index contributed by atoms with van der Waals surface area (Å²) in [7, 11) is 0. The molecule has 0 saturated heterocycles. The molecule has 3 heterocycles. The minimum atomic E-state index is -1.01. The second-order valence-corrected chi connectivity index (χ2v) is 25.9. The molecule has 1 unspecified atom stereocenters. The van der Waals surface area contributed by atoms with E-state index in [1.807, 2.05) is 18.3 Å². The number of para-hydroxylation sites is 3. The molecule has 1 aliphatic carbocycles. The molecule has 0 amide bonds. The Balaban J connectivity index is 0.00000686. The second-order valence-electron chi connectivity index (χ2n) is 25.9. The van der Waals surface area contributed by atoms with Crippen molar-refractivity contribution in [2.45, 2.75) is 84.0 Å². The van der Waals surface area contributed by atoms with Crippen molar-refractivity contribution in [1.29, 1.82) is 0 Å². The molecule has 10 aromatic carbocycles. The Morgan fingerprint density at radius 3 is 1.74 bits per heavy atom. The van der Waals surface area contributed by atoms with Gasteiger partial charge < -0.3 is 19.1 Å². The Hall–Kier alpha value is -8.83. The van der Waals surface area contributed by atoms with E-state index in [2.05, 4.69) is 296 Å². The first-order valence-corrected chi connectivity index (χ1v) is 29.4. The number of ether oxygens (including phenoxy) is 1. The minimum absolute atomic E-state index is 0. The third-order valence-corrected chi connectivity index (χ3v) is 17.3. The van der Waals surface area contributed by atoms with Gasteiger partial charge in [0.2, 0.25) is 0 Å². The fraction of sp³-hybridized carbons (Fsp3) is 0.165. The minimum Gasteiger partial charge on any atom is -0.509 e. The average molecular weight is 1300 g/mol. The Morgan fingerprint density at radius 1 is 0.465 bits per heavy atom. The first-order valence-electron chi connectivity index (χ1n) is 29.4. The predicted octanol–water partition coefficient (Wildman–Crippen LogP) is 20.7. The Kier molecular flexibility index (Phi) is 13.9. The largest absolute Gasteiger partial charge is 0.509 e. The molecule has 0 radical (unpaired) electrons. The van der Waals surface area contributed by atoms with Crippen LogP contribution in [0.25, 0.3) is 61.0 Å². The third kappa shape index (κ3) is 9.54. The van der Waals surface area contributed by atoms with Crippen molar-refractivity contribution in [3.63, 3.8) is 0 Å². The second kappa shape index (κ2) is 21.3. The van der Waals surface area contributed by atoms with Crippen molar-refractivity contribution in [2.24, 2.45) is 0 Å².